The van der Waals surface area contributed by atoms with Crippen LogP contribution >= 0.6 is 0 Å². The van der Waals surface area contributed by atoms with Gasteiger partial charge in [-0.15, -0.1) is 5.10 Å². The molecule has 0 amide bonds. The van der Waals surface area contributed by atoms with Crippen LogP contribution in [0.4, 0.5) is 0 Å². The van der Waals surface area contributed by atoms with E-state index in [1.165, 1.54) is 0 Å². The first-order valence-electron chi connectivity index (χ1n) is 4.69. The third-order valence-corrected chi connectivity index (χ3v) is 2.14. The smallest absolute Gasteiger partial charge is 0.340 e. The molecule has 0 aliphatic heterocycles. The number of fused-ring (bicyclic) bond motifs is 1. The first kappa shape index (κ1) is 9.64. The summed E-state index contributed by atoms with van der Waals surface area (Å²) in [5.74, 6) is -0.358. The number of rotatable bonds is 2. The minimum Gasteiger partial charge on any atom is -0.462 e. The number of hydrogen-bond donors (Lipinski definition) is 0. The number of esters is 1. The van der Waals surface area contributed by atoms with Gasteiger partial charge in [0.25, 0.3) is 0 Å². The lowest BCUT2D eigenvalue weighted by molar-refractivity contribution is 0.0528. The van der Waals surface area contributed by atoms with Gasteiger partial charge >= 0.3 is 5.97 Å². The van der Waals surface area contributed by atoms with Crippen molar-refractivity contribution in [3.63, 3.8) is 0 Å². The lowest BCUT2D eigenvalue weighted by Crippen LogP contribution is -2.05. The van der Waals surface area contributed by atoms with Crippen LogP contribution in [-0.2, 0) is 11.8 Å². The molecule has 0 saturated carbocycles. The van der Waals surface area contributed by atoms with E-state index in [2.05, 4.69) is 10.3 Å². The van der Waals surface area contributed by atoms with Crippen LogP contribution in [0.2, 0.25) is 0 Å². The molecule has 0 aliphatic rings. The second-order valence-electron chi connectivity index (χ2n) is 3.11. The first-order valence-corrected chi connectivity index (χ1v) is 4.69. The maximum absolute atomic E-state index is 11.6. The lowest BCUT2D eigenvalue weighted by Gasteiger charge is -2.01. The van der Waals surface area contributed by atoms with Gasteiger partial charge in [-0.2, -0.15) is 0 Å². The van der Waals surface area contributed by atoms with Gasteiger partial charge in [0.1, 0.15) is 5.52 Å². The Kier molecular flexibility index (Phi) is 2.37. The van der Waals surface area contributed by atoms with E-state index in [1.54, 1.807) is 30.8 Å². The number of benzene rings is 1. The van der Waals surface area contributed by atoms with Crippen molar-refractivity contribution in [1.82, 2.24) is 15.0 Å². The molecule has 78 valence electrons. The molecule has 0 bridgehead atoms. The first-order chi connectivity index (χ1) is 7.24. The van der Waals surface area contributed by atoms with E-state index in [0.717, 1.165) is 5.52 Å². The number of aromatic nitrogens is 3. The largest absolute Gasteiger partial charge is 0.462 e. The Balaban J connectivity index is 2.56. The van der Waals surface area contributed by atoms with Crippen molar-refractivity contribution in [3.8, 4) is 0 Å². The molecule has 1 aromatic heterocycles. The highest BCUT2D eigenvalue weighted by atomic mass is 16.5. The minimum atomic E-state index is -0.358. The Morgan fingerprint density at radius 2 is 2.33 bits per heavy atom. The summed E-state index contributed by atoms with van der Waals surface area (Å²) in [6.45, 7) is 2.13. The highest BCUT2D eigenvalue weighted by Gasteiger charge is 2.13. The molecule has 0 saturated heterocycles. The Morgan fingerprint density at radius 3 is 3.07 bits per heavy atom. The zero-order valence-corrected chi connectivity index (χ0v) is 8.60. The van der Waals surface area contributed by atoms with Crippen molar-refractivity contribution in [2.45, 2.75) is 6.92 Å². The summed E-state index contributed by atoms with van der Waals surface area (Å²) < 4.78 is 6.55. The van der Waals surface area contributed by atoms with Crippen molar-refractivity contribution in [2.24, 2.45) is 7.05 Å². The second kappa shape index (κ2) is 3.68. The summed E-state index contributed by atoms with van der Waals surface area (Å²) in [6.07, 6.45) is 0. The van der Waals surface area contributed by atoms with E-state index in [0.29, 0.717) is 17.7 Å². The van der Waals surface area contributed by atoms with E-state index >= 15 is 0 Å². The van der Waals surface area contributed by atoms with E-state index in [-0.39, 0.29) is 5.97 Å². The van der Waals surface area contributed by atoms with E-state index in [9.17, 15) is 4.79 Å². The van der Waals surface area contributed by atoms with Gasteiger partial charge in [0, 0.05) is 7.05 Å². The van der Waals surface area contributed by atoms with E-state index in [1.807, 2.05) is 6.07 Å². The minimum absolute atomic E-state index is 0.357. The number of carbonyl (C=O) groups excluding carboxylic acids is 1. The van der Waals surface area contributed by atoms with E-state index < -0.39 is 0 Å². The Hall–Kier alpha value is -1.91. The van der Waals surface area contributed by atoms with Crippen LogP contribution in [0.25, 0.3) is 11.0 Å². The summed E-state index contributed by atoms with van der Waals surface area (Å²) in [5, 5.41) is 7.79. The summed E-state index contributed by atoms with van der Waals surface area (Å²) >= 11 is 0. The number of carbonyl (C=O) groups is 1. The van der Waals surface area contributed by atoms with Gasteiger partial charge < -0.3 is 4.74 Å². The summed E-state index contributed by atoms with van der Waals surface area (Å²) in [7, 11) is 1.78. The maximum atomic E-state index is 11.6. The molecule has 0 radical (unpaired) electrons. The van der Waals surface area contributed by atoms with Gasteiger partial charge in [-0.3, -0.25) is 0 Å². The Bertz CT molecular complexity index is 504. The molecule has 15 heavy (non-hydrogen) atoms. The van der Waals surface area contributed by atoms with E-state index in [4.69, 9.17) is 4.74 Å². The third-order valence-electron chi connectivity index (χ3n) is 2.14. The summed E-state index contributed by atoms with van der Waals surface area (Å²) in [4.78, 5) is 11.6. The van der Waals surface area contributed by atoms with Gasteiger partial charge in [-0.05, 0) is 19.1 Å². The monoisotopic (exact) mass is 205 g/mol. The maximum Gasteiger partial charge on any atom is 0.340 e. The molecule has 2 aromatic rings. The van der Waals surface area contributed by atoms with Crippen LogP contribution in [-0.4, -0.2) is 27.6 Å². The molecular weight excluding hydrogens is 194 g/mol. The van der Waals surface area contributed by atoms with Crippen molar-refractivity contribution >= 4 is 17.0 Å². The highest BCUT2D eigenvalue weighted by Crippen LogP contribution is 2.15. The molecule has 0 fully saturated rings. The highest BCUT2D eigenvalue weighted by molar-refractivity contribution is 6.01. The number of nitrogens with zero attached hydrogens (tertiary/aromatic N) is 3. The van der Waals surface area contributed by atoms with Crippen LogP contribution in [0.5, 0.6) is 0 Å². The second-order valence-corrected chi connectivity index (χ2v) is 3.11. The van der Waals surface area contributed by atoms with Gasteiger partial charge in [0.05, 0.1) is 17.7 Å². The molecule has 5 nitrogen and oxygen atoms in total. The van der Waals surface area contributed by atoms with Gasteiger partial charge in [-0.25, -0.2) is 9.48 Å². The molecule has 0 spiro atoms. The van der Waals surface area contributed by atoms with Crippen LogP contribution < -0.4 is 0 Å². The zero-order valence-electron chi connectivity index (χ0n) is 8.60. The number of hydrogen-bond acceptors (Lipinski definition) is 4. The summed E-state index contributed by atoms with van der Waals surface area (Å²) in [5.41, 5.74) is 1.86. The predicted octanol–water partition coefficient (Wildman–Crippen LogP) is 1.15. The molecule has 0 unspecified atom stereocenters. The fraction of sp³-hybridized carbons (Fsp3) is 0.300. The van der Waals surface area contributed by atoms with Gasteiger partial charge in [0.15, 0.2) is 0 Å². The van der Waals surface area contributed by atoms with Crippen LogP contribution in [0, 0.1) is 0 Å². The number of aryl methyl sites for hydroxylation is 1. The van der Waals surface area contributed by atoms with Crippen LogP contribution in [0.15, 0.2) is 18.2 Å². The number of ether oxygens (including phenoxy) is 1. The van der Waals surface area contributed by atoms with Crippen LogP contribution in [0.3, 0.4) is 0 Å². The fourth-order valence-electron chi connectivity index (χ4n) is 1.43. The van der Waals surface area contributed by atoms with Crippen molar-refractivity contribution in [2.75, 3.05) is 6.61 Å². The predicted molar refractivity (Wildman–Crippen MR) is 54.5 cm³/mol. The van der Waals surface area contributed by atoms with Gasteiger partial charge in [0.2, 0.25) is 0 Å². The van der Waals surface area contributed by atoms with Crippen molar-refractivity contribution in [1.29, 1.82) is 0 Å². The average Bonchev–Trinajstić information content (AvgIpc) is 2.61. The molecule has 0 aliphatic carbocycles. The average molecular weight is 205 g/mol. The topological polar surface area (TPSA) is 57.0 Å². The fourth-order valence-corrected chi connectivity index (χ4v) is 1.43. The Labute approximate surface area is 86.6 Å². The summed E-state index contributed by atoms with van der Waals surface area (Å²) in [6, 6.07) is 5.34. The molecule has 1 aromatic carbocycles. The molecule has 0 N–H and O–H groups in total. The molecular formula is C10H11N3O2. The zero-order chi connectivity index (χ0) is 10.8. The molecule has 5 heteroatoms. The normalized spacial score (nSPS) is 10.5. The lowest BCUT2D eigenvalue weighted by atomic mass is 10.2. The Morgan fingerprint density at radius 1 is 1.53 bits per heavy atom. The standard InChI is InChI=1S/C10H11N3O2/c1-3-15-10(14)7-5-4-6-8-9(7)11-12-13(8)2/h4-6H,3H2,1-2H3. The van der Waals surface area contributed by atoms with Crippen molar-refractivity contribution < 1.29 is 9.53 Å². The van der Waals surface area contributed by atoms with Gasteiger partial charge in [-0.1, -0.05) is 11.3 Å². The quantitative estimate of drug-likeness (QED) is 0.690. The SMILES string of the molecule is CCOC(=O)c1cccc2c1nnn2C. The molecule has 0 atom stereocenters. The third kappa shape index (κ3) is 1.56. The van der Waals surface area contributed by atoms with Crippen molar-refractivity contribution in [3.05, 3.63) is 23.8 Å². The molecule has 2 rings (SSSR count). The molecule has 1 heterocycles. The van der Waals surface area contributed by atoms with Crippen LogP contribution in [0.1, 0.15) is 17.3 Å².